The van der Waals surface area contributed by atoms with Crippen LogP contribution in [0.15, 0.2) is 12.2 Å². The van der Waals surface area contributed by atoms with Crippen molar-refractivity contribution in [2.45, 2.75) is 57.4 Å². The molecular weight excluding hydrogens is 382 g/mol. The Balaban J connectivity index is 1.18. The van der Waals surface area contributed by atoms with Crippen molar-refractivity contribution in [2.24, 2.45) is 29.6 Å². The molecule has 1 N–H and O–H groups in total. The van der Waals surface area contributed by atoms with Crippen LogP contribution in [0.25, 0.3) is 0 Å². The molecule has 7 heteroatoms. The Hall–Kier alpha value is -2.18. The lowest BCUT2D eigenvalue weighted by Crippen LogP contribution is -2.50. The summed E-state index contributed by atoms with van der Waals surface area (Å²) in [6.07, 6.45) is 12.2. The van der Waals surface area contributed by atoms with E-state index in [0.717, 1.165) is 44.9 Å². The van der Waals surface area contributed by atoms with Gasteiger partial charge in [0.25, 0.3) is 0 Å². The Kier molecular flexibility index (Phi) is 5.15. The van der Waals surface area contributed by atoms with E-state index in [1.54, 1.807) is 4.90 Å². The summed E-state index contributed by atoms with van der Waals surface area (Å²) in [6, 6.07) is 0.264. The molecule has 5 rings (SSSR count). The molecule has 2 aliphatic heterocycles. The standard InChI is InChI=1S/C23H31N3O4/c27-18(13-26-22(29)19-14-8-9-15(11-14)20(19)23(26)30)25-10-4-5-16(12-25)21(28)24-17-6-2-1-3-7-17/h8-9,14-17,19-20H,1-7,10-13H2,(H,24,28). The van der Waals surface area contributed by atoms with Crippen LogP contribution >= 0.6 is 0 Å². The molecule has 0 aromatic rings. The molecule has 2 heterocycles. The lowest BCUT2D eigenvalue weighted by molar-refractivity contribution is -0.148. The Morgan fingerprint density at radius 2 is 1.60 bits per heavy atom. The number of piperidine rings is 1. The van der Waals surface area contributed by atoms with Gasteiger partial charge >= 0.3 is 0 Å². The summed E-state index contributed by atoms with van der Waals surface area (Å²) in [6.45, 7) is 0.788. The van der Waals surface area contributed by atoms with Crippen molar-refractivity contribution in [1.82, 2.24) is 15.1 Å². The van der Waals surface area contributed by atoms with Gasteiger partial charge in [0.15, 0.2) is 0 Å². The Morgan fingerprint density at radius 1 is 0.933 bits per heavy atom. The van der Waals surface area contributed by atoms with Crippen molar-refractivity contribution in [3.05, 3.63) is 12.2 Å². The normalized spacial score (nSPS) is 35.8. The number of imide groups is 1. The summed E-state index contributed by atoms with van der Waals surface area (Å²) in [5.41, 5.74) is 0. The second-order valence-electron chi connectivity index (χ2n) is 9.78. The summed E-state index contributed by atoms with van der Waals surface area (Å²) in [7, 11) is 0. The number of hydrogen-bond acceptors (Lipinski definition) is 4. The van der Waals surface area contributed by atoms with E-state index in [9.17, 15) is 19.2 Å². The Bertz CT molecular complexity index is 757. The minimum atomic E-state index is -0.268. The highest BCUT2D eigenvalue weighted by Crippen LogP contribution is 2.52. The van der Waals surface area contributed by atoms with E-state index in [0.29, 0.717) is 13.1 Å². The van der Waals surface area contributed by atoms with Gasteiger partial charge in [-0.05, 0) is 43.9 Å². The molecule has 0 aromatic carbocycles. The molecule has 2 saturated carbocycles. The van der Waals surface area contributed by atoms with Gasteiger partial charge in [-0.1, -0.05) is 31.4 Å². The van der Waals surface area contributed by atoms with Crippen LogP contribution in [0.5, 0.6) is 0 Å². The van der Waals surface area contributed by atoms with Crippen molar-refractivity contribution in [1.29, 1.82) is 0 Å². The zero-order chi connectivity index (χ0) is 20.8. The molecule has 3 aliphatic carbocycles. The summed E-state index contributed by atoms with van der Waals surface area (Å²) in [5, 5.41) is 3.18. The third-order valence-corrected chi connectivity index (χ3v) is 7.95. The van der Waals surface area contributed by atoms with Gasteiger partial charge < -0.3 is 10.2 Å². The van der Waals surface area contributed by atoms with E-state index >= 15 is 0 Å². The highest BCUT2D eigenvalue weighted by molar-refractivity contribution is 6.08. The molecule has 162 valence electrons. The number of hydrogen-bond donors (Lipinski definition) is 1. The average Bonchev–Trinajstić information content (AvgIpc) is 3.44. The summed E-state index contributed by atoms with van der Waals surface area (Å²) in [4.78, 5) is 54.2. The van der Waals surface area contributed by atoms with Crippen molar-refractivity contribution in [2.75, 3.05) is 19.6 Å². The largest absolute Gasteiger partial charge is 0.353 e. The number of likely N-dealkylation sites (tertiary alicyclic amines) is 2. The van der Waals surface area contributed by atoms with Gasteiger partial charge in [0.1, 0.15) is 6.54 Å². The summed E-state index contributed by atoms with van der Waals surface area (Å²) in [5.74, 6) is -0.964. The number of allylic oxidation sites excluding steroid dienone is 2. The zero-order valence-corrected chi connectivity index (χ0v) is 17.4. The van der Waals surface area contributed by atoms with Crippen LogP contribution in [0.3, 0.4) is 0 Å². The first-order valence-electron chi connectivity index (χ1n) is 11.6. The van der Waals surface area contributed by atoms with Crippen LogP contribution in [-0.2, 0) is 19.2 Å². The third kappa shape index (κ3) is 3.36. The SMILES string of the molecule is O=C(NC1CCCCC1)C1CCCN(C(=O)CN2C(=O)C3C4C=CC(C4)C3C2=O)C1. The van der Waals surface area contributed by atoms with Crippen molar-refractivity contribution in [3.63, 3.8) is 0 Å². The van der Waals surface area contributed by atoms with Crippen molar-refractivity contribution < 1.29 is 19.2 Å². The van der Waals surface area contributed by atoms with Crippen LogP contribution < -0.4 is 5.32 Å². The number of nitrogens with zero attached hydrogens (tertiary/aromatic N) is 2. The molecule has 2 bridgehead atoms. The molecule has 0 spiro atoms. The first kappa shape index (κ1) is 19.8. The fourth-order valence-corrected chi connectivity index (χ4v) is 6.34. The predicted octanol–water partition coefficient (Wildman–Crippen LogP) is 1.48. The molecule has 5 unspecified atom stereocenters. The topological polar surface area (TPSA) is 86.8 Å². The minimum absolute atomic E-state index is 0.0462. The fourth-order valence-electron chi connectivity index (χ4n) is 6.34. The molecule has 4 amide bonds. The van der Waals surface area contributed by atoms with Crippen LogP contribution in [0.4, 0.5) is 0 Å². The van der Waals surface area contributed by atoms with E-state index in [4.69, 9.17) is 0 Å². The first-order chi connectivity index (χ1) is 14.5. The summed E-state index contributed by atoms with van der Waals surface area (Å²) < 4.78 is 0. The molecule has 2 saturated heterocycles. The molecule has 0 radical (unpaired) electrons. The first-order valence-corrected chi connectivity index (χ1v) is 11.6. The number of carbonyl (C=O) groups excluding carboxylic acids is 4. The highest BCUT2D eigenvalue weighted by atomic mass is 16.2. The average molecular weight is 414 g/mol. The van der Waals surface area contributed by atoms with Crippen molar-refractivity contribution in [3.8, 4) is 0 Å². The molecule has 5 atom stereocenters. The maximum absolute atomic E-state index is 12.9. The molecular formula is C23H31N3O4. The number of fused-ring (bicyclic) bond motifs is 5. The van der Waals surface area contributed by atoms with Crippen LogP contribution in [0.1, 0.15) is 51.4 Å². The van der Waals surface area contributed by atoms with Gasteiger partial charge in [0.05, 0.1) is 17.8 Å². The zero-order valence-electron chi connectivity index (χ0n) is 17.4. The second-order valence-corrected chi connectivity index (χ2v) is 9.78. The van der Waals surface area contributed by atoms with Gasteiger partial charge in [-0.2, -0.15) is 0 Å². The van der Waals surface area contributed by atoms with Gasteiger partial charge in [-0.3, -0.25) is 24.1 Å². The van der Waals surface area contributed by atoms with Crippen molar-refractivity contribution >= 4 is 23.6 Å². The minimum Gasteiger partial charge on any atom is -0.353 e. The van der Waals surface area contributed by atoms with Gasteiger partial charge in [-0.25, -0.2) is 0 Å². The van der Waals surface area contributed by atoms with E-state index in [1.165, 1.54) is 11.3 Å². The van der Waals surface area contributed by atoms with Crippen LogP contribution in [0.2, 0.25) is 0 Å². The van der Waals surface area contributed by atoms with E-state index in [-0.39, 0.29) is 65.8 Å². The smallest absolute Gasteiger partial charge is 0.242 e. The fraction of sp³-hybridized carbons (Fsp3) is 0.739. The molecule has 7 nitrogen and oxygen atoms in total. The van der Waals surface area contributed by atoms with E-state index in [1.807, 2.05) is 0 Å². The lowest BCUT2D eigenvalue weighted by atomic mass is 9.85. The number of rotatable bonds is 4. The Labute approximate surface area is 177 Å². The van der Waals surface area contributed by atoms with Gasteiger partial charge in [0.2, 0.25) is 23.6 Å². The van der Waals surface area contributed by atoms with Crippen LogP contribution in [0, 0.1) is 29.6 Å². The summed E-state index contributed by atoms with van der Waals surface area (Å²) >= 11 is 0. The monoisotopic (exact) mass is 413 g/mol. The van der Waals surface area contributed by atoms with Gasteiger partial charge in [0, 0.05) is 19.1 Å². The molecule has 4 fully saturated rings. The molecule has 30 heavy (non-hydrogen) atoms. The third-order valence-electron chi connectivity index (χ3n) is 7.95. The highest BCUT2D eigenvalue weighted by Gasteiger charge is 2.59. The Morgan fingerprint density at radius 3 is 2.27 bits per heavy atom. The van der Waals surface area contributed by atoms with Crippen LogP contribution in [-0.4, -0.2) is 59.1 Å². The number of carbonyl (C=O) groups is 4. The number of amides is 4. The second kappa shape index (κ2) is 7.82. The lowest BCUT2D eigenvalue weighted by Gasteiger charge is -2.34. The van der Waals surface area contributed by atoms with E-state index < -0.39 is 0 Å². The van der Waals surface area contributed by atoms with Gasteiger partial charge in [-0.15, -0.1) is 0 Å². The molecule has 5 aliphatic rings. The maximum atomic E-state index is 12.9. The maximum Gasteiger partial charge on any atom is 0.242 e. The van der Waals surface area contributed by atoms with E-state index in [2.05, 4.69) is 17.5 Å². The number of nitrogens with one attached hydrogen (secondary N) is 1. The molecule has 0 aromatic heterocycles. The predicted molar refractivity (Wildman–Crippen MR) is 109 cm³/mol. The quantitative estimate of drug-likeness (QED) is 0.559.